The standard InChI is InChI=1S/C16H19N3S/c1-11(2)16-18-14(10-20-16)9-19-7-6-12-4-3-5-13(8-17)15(12)19/h3-7,10-11H,8-9,17H2,1-2H3. The SMILES string of the molecule is CC(C)c1nc(Cn2ccc3cccc(CN)c32)cs1. The van der Waals surface area contributed by atoms with E-state index in [1.165, 1.54) is 21.5 Å². The third-order valence-electron chi connectivity index (χ3n) is 3.49. The van der Waals surface area contributed by atoms with E-state index in [9.17, 15) is 0 Å². The van der Waals surface area contributed by atoms with Gasteiger partial charge in [-0.2, -0.15) is 0 Å². The Hall–Kier alpha value is -1.65. The topological polar surface area (TPSA) is 43.8 Å². The van der Waals surface area contributed by atoms with Gasteiger partial charge in [0.2, 0.25) is 0 Å². The lowest BCUT2D eigenvalue weighted by atomic mass is 10.1. The summed E-state index contributed by atoms with van der Waals surface area (Å²) in [4.78, 5) is 4.71. The van der Waals surface area contributed by atoms with Crippen molar-refractivity contribution in [1.82, 2.24) is 9.55 Å². The van der Waals surface area contributed by atoms with E-state index >= 15 is 0 Å². The van der Waals surface area contributed by atoms with Gasteiger partial charge in [-0.15, -0.1) is 11.3 Å². The lowest BCUT2D eigenvalue weighted by Gasteiger charge is -2.07. The number of benzene rings is 1. The summed E-state index contributed by atoms with van der Waals surface area (Å²) >= 11 is 1.75. The monoisotopic (exact) mass is 285 g/mol. The maximum absolute atomic E-state index is 5.85. The molecule has 0 amide bonds. The molecule has 3 nitrogen and oxygen atoms in total. The molecule has 2 heterocycles. The van der Waals surface area contributed by atoms with Crippen LogP contribution in [0.1, 0.15) is 36.0 Å². The smallest absolute Gasteiger partial charge is 0.0954 e. The third-order valence-corrected chi connectivity index (χ3v) is 4.68. The van der Waals surface area contributed by atoms with E-state index in [-0.39, 0.29) is 0 Å². The van der Waals surface area contributed by atoms with Crippen molar-refractivity contribution in [3.63, 3.8) is 0 Å². The van der Waals surface area contributed by atoms with E-state index in [0.29, 0.717) is 12.5 Å². The highest BCUT2D eigenvalue weighted by Crippen LogP contribution is 2.23. The van der Waals surface area contributed by atoms with Crippen molar-refractivity contribution in [1.29, 1.82) is 0 Å². The van der Waals surface area contributed by atoms with Gasteiger partial charge in [-0.25, -0.2) is 4.98 Å². The van der Waals surface area contributed by atoms with E-state index < -0.39 is 0 Å². The second-order valence-electron chi connectivity index (χ2n) is 5.33. The molecule has 20 heavy (non-hydrogen) atoms. The Morgan fingerprint density at radius 3 is 2.85 bits per heavy atom. The number of hydrogen-bond donors (Lipinski definition) is 1. The van der Waals surface area contributed by atoms with Gasteiger partial charge in [0, 0.05) is 24.0 Å². The van der Waals surface area contributed by atoms with E-state index in [0.717, 1.165) is 12.2 Å². The highest BCUT2D eigenvalue weighted by molar-refractivity contribution is 7.09. The molecule has 104 valence electrons. The molecule has 0 spiro atoms. The lowest BCUT2D eigenvalue weighted by Crippen LogP contribution is -2.04. The molecule has 3 rings (SSSR count). The molecular weight excluding hydrogens is 266 g/mol. The number of para-hydroxylation sites is 1. The fraction of sp³-hybridized carbons (Fsp3) is 0.312. The molecule has 0 aliphatic rings. The Morgan fingerprint density at radius 2 is 2.15 bits per heavy atom. The fourth-order valence-electron chi connectivity index (χ4n) is 2.47. The van der Waals surface area contributed by atoms with E-state index in [1.54, 1.807) is 11.3 Å². The number of nitrogens with zero attached hydrogens (tertiary/aromatic N) is 2. The second kappa shape index (κ2) is 5.38. The van der Waals surface area contributed by atoms with E-state index in [2.05, 4.69) is 54.3 Å². The van der Waals surface area contributed by atoms with Crippen LogP contribution in [0.3, 0.4) is 0 Å². The first kappa shape index (κ1) is 13.3. The highest BCUT2D eigenvalue weighted by Gasteiger charge is 2.09. The fourth-order valence-corrected chi connectivity index (χ4v) is 3.30. The zero-order valence-corrected chi connectivity index (χ0v) is 12.7. The van der Waals surface area contributed by atoms with Crippen LogP contribution in [0.15, 0.2) is 35.8 Å². The van der Waals surface area contributed by atoms with Gasteiger partial charge < -0.3 is 10.3 Å². The first-order valence-electron chi connectivity index (χ1n) is 6.90. The maximum atomic E-state index is 5.85. The van der Waals surface area contributed by atoms with E-state index in [1.807, 2.05) is 0 Å². The maximum Gasteiger partial charge on any atom is 0.0954 e. The van der Waals surface area contributed by atoms with Gasteiger partial charge >= 0.3 is 0 Å². The third kappa shape index (κ3) is 2.37. The summed E-state index contributed by atoms with van der Waals surface area (Å²) in [5.74, 6) is 0.495. The van der Waals surface area contributed by atoms with Crippen LogP contribution in [0.2, 0.25) is 0 Å². The lowest BCUT2D eigenvalue weighted by molar-refractivity contribution is 0.784. The average molecular weight is 285 g/mol. The number of hydrogen-bond acceptors (Lipinski definition) is 3. The zero-order chi connectivity index (χ0) is 14.1. The molecule has 0 saturated carbocycles. The molecule has 1 aromatic carbocycles. The minimum Gasteiger partial charge on any atom is -0.341 e. The molecule has 0 atom stereocenters. The Kier molecular flexibility index (Phi) is 3.59. The van der Waals surface area contributed by atoms with Crippen molar-refractivity contribution in [3.8, 4) is 0 Å². The van der Waals surface area contributed by atoms with Crippen molar-refractivity contribution in [2.24, 2.45) is 5.73 Å². The number of thiazole rings is 1. The Morgan fingerprint density at radius 1 is 1.30 bits per heavy atom. The predicted octanol–water partition coefficient (Wildman–Crippen LogP) is 3.73. The summed E-state index contributed by atoms with van der Waals surface area (Å²) in [7, 11) is 0. The van der Waals surface area contributed by atoms with Gasteiger partial charge in [-0.3, -0.25) is 0 Å². The van der Waals surface area contributed by atoms with Crippen LogP contribution < -0.4 is 5.73 Å². The molecule has 0 saturated heterocycles. The number of nitrogens with two attached hydrogens (primary N) is 1. The average Bonchev–Trinajstić information content (AvgIpc) is 3.06. The molecule has 0 aliphatic heterocycles. The van der Waals surface area contributed by atoms with Crippen LogP contribution in [0.25, 0.3) is 10.9 Å². The Labute approximate surface area is 123 Å². The summed E-state index contributed by atoms with van der Waals surface area (Å²) in [6.45, 7) is 5.74. The summed E-state index contributed by atoms with van der Waals surface area (Å²) < 4.78 is 2.25. The molecule has 0 aliphatic carbocycles. The van der Waals surface area contributed by atoms with Crippen LogP contribution in [0.5, 0.6) is 0 Å². The van der Waals surface area contributed by atoms with Crippen LogP contribution in [-0.4, -0.2) is 9.55 Å². The largest absolute Gasteiger partial charge is 0.341 e. The number of aromatic nitrogens is 2. The van der Waals surface area contributed by atoms with Crippen LogP contribution in [-0.2, 0) is 13.1 Å². The first-order valence-corrected chi connectivity index (χ1v) is 7.78. The molecular formula is C16H19N3S. The van der Waals surface area contributed by atoms with Crippen molar-refractivity contribution >= 4 is 22.2 Å². The van der Waals surface area contributed by atoms with Crippen LogP contribution >= 0.6 is 11.3 Å². The van der Waals surface area contributed by atoms with Crippen molar-refractivity contribution in [2.45, 2.75) is 32.9 Å². The summed E-state index contributed by atoms with van der Waals surface area (Å²) in [6.07, 6.45) is 2.12. The molecule has 3 aromatic rings. The van der Waals surface area contributed by atoms with Crippen LogP contribution in [0, 0.1) is 0 Å². The van der Waals surface area contributed by atoms with Crippen LogP contribution in [0.4, 0.5) is 0 Å². The zero-order valence-electron chi connectivity index (χ0n) is 11.8. The first-order chi connectivity index (χ1) is 9.69. The number of fused-ring (bicyclic) bond motifs is 1. The van der Waals surface area contributed by atoms with E-state index in [4.69, 9.17) is 10.7 Å². The van der Waals surface area contributed by atoms with Gasteiger partial charge in [0.15, 0.2) is 0 Å². The van der Waals surface area contributed by atoms with Crippen molar-refractivity contribution in [3.05, 3.63) is 52.1 Å². The molecule has 0 radical (unpaired) electrons. The Bertz CT molecular complexity index is 724. The Balaban J connectivity index is 1.97. The highest BCUT2D eigenvalue weighted by atomic mass is 32.1. The van der Waals surface area contributed by atoms with Gasteiger partial charge in [-0.1, -0.05) is 32.0 Å². The normalized spacial score (nSPS) is 11.6. The van der Waals surface area contributed by atoms with Gasteiger partial charge in [0.25, 0.3) is 0 Å². The predicted molar refractivity (Wildman–Crippen MR) is 85.1 cm³/mol. The van der Waals surface area contributed by atoms with Gasteiger partial charge in [-0.05, 0) is 17.0 Å². The molecule has 0 fully saturated rings. The minimum absolute atomic E-state index is 0.495. The van der Waals surface area contributed by atoms with Crippen molar-refractivity contribution in [2.75, 3.05) is 0 Å². The van der Waals surface area contributed by atoms with Crippen molar-refractivity contribution < 1.29 is 0 Å². The second-order valence-corrected chi connectivity index (χ2v) is 6.22. The van der Waals surface area contributed by atoms with Gasteiger partial charge in [0.05, 0.1) is 22.8 Å². The minimum atomic E-state index is 0.495. The quantitative estimate of drug-likeness (QED) is 0.794. The number of rotatable bonds is 4. The molecule has 0 unspecified atom stereocenters. The summed E-state index contributed by atoms with van der Waals surface area (Å²) in [6, 6.07) is 8.43. The molecule has 0 bridgehead atoms. The molecule has 2 N–H and O–H groups in total. The molecule has 2 aromatic heterocycles. The molecule has 4 heteroatoms. The van der Waals surface area contributed by atoms with Gasteiger partial charge in [0.1, 0.15) is 0 Å². The summed E-state index contributed by atoms with van der Waals surface area (Å²) in [5, 5.41) is 4.61. The summed E-state index contributed by atoms with van der Waals surface area (Å²) in [5.41, 5.74) is 9.40.